The predicted octanol–water partition coefficient (Wildman–Crippen LogP) is 2.49. The van der Waals surface area contributed by atoms with Crippen LogP contribution in [0.15, 0.2) is 0 Å². The molecule has 1 nitrogen and oxygen atoms in total. The minimum Gasteiger partial charge on any atom is -0.285 e. The Morgan fingerprint density at radius 3 is 1.40 bits per heavy atom. The Kier molecular flexibility index (Phi) is 2.85. The number of carbonyl (C=O) groups is 1. The molecule has 7 heteroatoms. The fourth-order valence-electron chi connectivity index (χ4n) is 0.161. The fourth-order valence-corrected chi connectivity index (χ4v) is 0.625. The van der Waals surface area contributed by atoms with Crippen LogP contribution in [-0.4, -0.2) is 15.8 Å². The van der Waals surface area contributed by atoms with Gasteiger partial charge < -0.3 is 0 Å². The van der Waals surface area contributed by atoms with Crippen LogP contribution in [0.25, 0.3) is 0 Å². The maximum absolute atomic E-state index is 11.9. The van der Waals surface area contributed by atoms with Crippen molar-refractivity contribution >= 4 is 40.6 Å². The predicted molar refractivity (Wildman–Crippen MR) is 31.4 cm³/mol. The Morgan fingerprint density at radius 2 is 1.40 bits per heavy atom. The van der Waals surface area contributed by atoms with Gasteiger partial charge in [-0.05, 0) is 11.6 Å². The quantitative estimate of drug-likeness (QED) is 0.647. The Labute approximate surface area is 69.0 Å². The number of alkyl halides is 6. The van der Waals surface area contributed by atoms with Crippen LogP contribution in [0.5, 0.6) is 0 Å². The minimum absolute atomic E-state index is 2.38. The second kappa shape index (κ2) is 2.75. The third kappa shape index (κ3) is 2.94. The molecule has 0 radical (unpaired) electrons. The standard InChI is InChI=1S/C3Cl3F3O/c4-2(5,7)1(10)3(6,8)9. The van der Waals surface area contributed by atoms with E-state index in [0.29, 0.717) is 0 Å². The zero-order valence-electron chi connectivity index (χ0n) is 4.18. The van der Waals surface area contributed by atoms with Gasteiger partial charge in [0.25, 0.3) is 5.78 Å². The van der Waals surface area contributed by atoms with Crippen LogP contribution in [0.2, 0.25) is 0 Å². The summed E-state index contributed by atoms with van der Waals surface area (Å²) in [7, 11) is 0. The molecule has 0 aliphatic carbocycles. The summed E-state index contributed by atoms with van der Waals surface area (Å²) in [6.45, 7) is 0. The summed E-state index contributed by atoms with van der Waals surface area (Å²) in [4.78, 5) is 9.97. The second-order valence-corrected chi connectivity index (χ2v) is 3.03. The Hall–Kier alpha value is 0.330. The van der Waals surface area contributed by atoms with Crippen molar-refractivity contribution in [3.05, 3.63) is 0 Å². The summed E-state index contributed by atoms with van der Waals surface area (Å²) >= 11 is 12.8. The molecule has 0 saturated carbocycles. The van der Waals surface area contributed by atoms with Gasteiger partial charge in [0.1, 0.15) is 0 Å². The van der Waals surface area contributed by atoms with Gasteiger partial charge in [-0.1, -0.05) is 23.2 Å². The number of hydrogen-bond acceptors (Lipinski definition) is 1. The molecular formula is C3Cl3F3O. The summed E-state index contributed by atoms with van der Waals surface area (Å²) in [5, 5.41) is -4.36. The first-order valence-corrected chi connectivity index (χ1v) is 2.97. The summed E-state index contributed by atoms with van der Waals surface area (Å²) in [6, 6.07) is 0. The number of hydrogen-bond donors (Lipinski definition) is 0. The smallest absolute Gasteiger partial charge is 0.285 e. The van der Waals surface area contributed by atoms with Crippen LogP contribution in [0.4, 0.5) is 13.2 Å². The maximum Gasteiger partial charge on any atom is 0.386 e. The van der Waals surface area contributed by atoms with Crippen LogP contribution >= 0.6 is 34.8 Å². The molecule has 0 atom stereocenters. The van der Waals surface area contributed by atoms with Gasteiger partial charge in [-0.25, -0.2) is 0 Å². The first kappa shape index (κ1) is 10.3. The van der Waals surface area contributed by atoms with Crippen LogP contribution < -0.4 is 0 Å². The van der Waals surface area contributed by atoms with Gasteiger partial charge in [-0.2, -0.15) is 13.2 Å². The van der Waals surface area contributed by atoms with Crippen molar-refractivity contribution in [3.63, 3.8) is 0 Å². The summed E-state index contributed by atoms with van der Waals surface area (Å²) in [5.41, 5.74) is 0. The zero-order valence-corrected chi connectivity index (χ0v) is 6.44. The monoisotopic (exact) mass is 214 g/mol. The van der Waals surface area contributed by atoms with E-state index in [9.17, 15) is 18.0 Å². The van der Waals surface area contributed by atoms with Crippen molar-refractivity contribution in [2.45, 2.75) is 9.97 Å². The first-order valence-electron chi connectivity index (χ1n) is 1.84. The highest BCUT2D eigenvalue weighted by molar-refractivity contribution is 6.59. The molecule has 0 spiro atoms. The third-order valence-corrected chi connectivity index (χ3v) is 1.03. The molecular weight excluding hydrogens is 215 g/mol. The van der Waals surface area contributed by atoms with Gasteiger partial charge in [0.05, 0.1) is 0 Å². The molecule has 0 fully saturated rings. The van der Waals surface area contributed by atoms with Crippen LogP contribution in [0, 0.1) is 0 Å². The zero-order chi connectivity index (χ0) is 8.58. The molecule has 0 saturated heterocycles. The second-order valence-electron chi connectivity index (χ2n) is 1.32. The van der Waals surface area contributed by atoms with E-state index < -0.39 is 15.8 Å². The molecule has 0 aromatic carbocycles. The molecule has 0 unspecified atom stereocenters. The molecule has 0 aliphatic rings. The van der Waals surface area contributed by atoms with E-state index >= 15 is 0 Å². The SMILES string of the molecule is O=C(C(F)(F)Cl)C(F)(Cl)Cl. The van der Waals surface area contributed by atoms with Gasteiger partial charge in [-0.3, -0.25) is 4.79 Å². The average molecular weight is 215 g/mol. The number of carbonyl (C=O) groups excluding carboxylic acids is 1. The summed E-state index contributed by atoms with van der Waals surface area (Å²) in [5.74, 6) is -2.38. The lowest BCUT2D eigenvalue weighted by molar-refractivity contribution is -0.137. The number of rotatable bonds is 2. The Balaban J connectivity index is 4.40. The van der Waals surface area contributed by atoms with Crippen LogP contribution in [0.3, 0.4) is 0 Å². The van der Waals surface area contributed by atoms with Gasteiger partial charge in [-0.15, -0.1) is 0 Å². The van der Waals surface area contributed by atoms with E-state index in [1.165, 1.54) is 0 Å². The lowest BCUT2D eigenvalue weighted by Crippen LogP contribution is -2.34. The van der Waals surface area contributed by atoms with Gasteiger partial charge in [0.15, 0.2) is 0 Å². The lowest BCUT2D eigenvalue weighted by Gasteiger charge is -2.10. The minimum atomic E-state index is -4.36. The molecule has 60 valence electrons. The van der Waals surface area contributed by atoms with Gasteiger partial charge in [0, 0.05) is 0 Å². The van der Waals surface area contributed by atoms with Crippen molar-refractivity contribution in [1.82, 2.24) is 0 Å². The third-order valence-electron chi connectivity index (χ3n) is 0.515. The lowest BCUT2D eigenvalue weighted by atomic mass is 10.4. The molecule has 0 aliphatic heterocycles. The van der Waals surface area contributed by atoms with E-state index in [1.807, 2.05) is 0 Å². The van der Waals surface area contributed by atoms with E-state index in [2.05, 4.69) is 34.8 Å². The van der Waals surface area contributed by atoms with E-state index in [0.717, 1.165) is 0 Å². The topological polar surface area (TPSA) is 17.1 Å². The van der Waals surface area contributed by atoms with E-state index in [1.54, 1.807) is 0 Å². The normalized spacial score (nSPS) is 13.4. The molecule has 0 aromatic heterocycles. The highest BCUT2D eigenvalue weighted by atomic mass is 35.5. The number of ketones is 1. The molecule has 0 heterocycles. The van der Waals surface area contributed by atoms with E-state index in [-0.39, 0.29) is 0 Å². The summed E-state index contributed by atoms with van der Waals surface area (Å²) < 4.78 is 31.5. The molecule has 0 N–H and O–H groups in total. The van der Waals surface area contributed by atoms with Crippen LogP contribution in [-0.2, 0) is 4.79 Å². The first-order chi connectivity index (χ1) is 4.15. The fraction of sp³-hybridized carbons (Fsp3) is 0.667. The molecule has 0 rings (SSSR count). The highest BCUT2D eigenvalue weighted by Crippen LogP contribution is 2.33. The van der Waals surface area contributed by atoms with Gasteiger partial charge >= 0.3 is 9.97 Å². The van der Waals surface area contributed by atoms with Crippen molar-refractivity contribution in [2.24, 2.45) is 0 Å². The van der Waals surface area contributed by atoms with Crippen molar-refractivity contribution in [1.29, 1.82) is 0 Å². The number of Topliss-reactive ketones (excluding diaryl/α,β-unsaturated/α-hetero) is 1. The number of halogens is 6. The molecule has 0 aromatic rings. The molecule has 10 heavy (non-hydrogen) atoms. The highest BCUT2D eigenvalue weighted by Gasteiger charge is 2.50. The maximum atomic E-state index is 11.9. The summed E-state index contributed by atoms with van der Waals surface area (Å²) in [6.07, 6.45) is 0. The largest absolute Gasteiger partial charge is 0.386 e. The Morgan fingerprint density at radius 1 is 1.10 bits per heavy atom. The van der Waals surface area contributed by atoms with Crippen LogP contribution in [0.1, 0.15) is 0 Å². The molecule has 0 bridgehead atoms. The van der Waals surface area contributed by atoms with Crippen molar-refractivity contribution < 1.29 is 18.0 Å². The Bertz CT molecular complexity index is 130. The van der Waals surface area contributed by atoms with Crippen molar-refractivity contribution in [2.75, 3.05) is 0 Å². The molecule has 0 amide bonds. The van der Waals surface area contributed by atoms with Crippen molar-refractivity contribution in [3.8, 4) is 0 Å². The average Bonchev–Trinajstić information content (AvgIpc) is 1.59. The van der Waals surface area contributed by atoms with E-state index in [4.69, 9.17) is 0 Å². The van der Waals surface area contributed by atoms with Gasteiger partial charge in [0.2, 0.25) is 0 Å².